The number of phenolic OH excluding ortho intramolecular Hbond substituents is 1. The molecular weight excluding hydrogens is 428 g/mol. The van der Waals surface area contributed by atoms with E-state index in [4.69, 9.17) is 9.47 Å². The van der Waals surface area contributed by atoms with Gasteiger partial charge in [0, 0.05) is 17.2 Å². The lowest BCUT2D eigenvalue weighted by atomic mass is 10.1. The fraction of sp³-hybridized carbons (Fsp3) is 0.105. The Hall–Kier alpha value is -3.33. The van der Waals surface area contributed by atoms with E-state index in [0.29, 0.717) is 27.2 Å². The van der Waals surface area contributed by atoms with Gasteiger partial charge in [0.2, 0.25) is 5.95 Å². The third kappa shape index (κ3) is 4.32. The third-order valence-electron chi connectivity index (χ3n) is 3.83. The molecule has 9 heteroatoms. The molecule has 0 amide bonds. The fourth-order valence-electron chi connectivity index (χ4n) is 2.41. The molecule has 144 valence electrons. The molecule has 28 heavy (non-hydrogen) atoms. The molecule has 3 aromatic rings. The van der Waals surface area contributed by atoms with E-state index in [0.717, 1.165) is 5.56 Å². The zero-order valence-electron chi connectivity index (χ0n) is 15.1. The first-order valence-corrected chi connectivity index (χ1v) is 8.91. The standard InChI is InChI=1S/C19H17BrN4O4/c1-27-13-6-3-11(4-7-13)14-9-16(25)23-19(22-14)24-21-10-12-5-8-15(28-2)18(26)17(12)20/h3-10,26H,1-2H3,(H2,22,23,24,25)/b21-10-. The van der Waals surface area contributed by atoms with Crippen LogP contribution in [0.2, 0.25) is 0 Å². The summed E-state index contributed by atoms with van der Waals surface area (Å²) in [5, 5.41) is 14.1. The lowest BCUT2D eigenvalue weighted by Gasteiger charge is -2.07. The van der Waals surface area contributed by atoms with Crippen LogP contribution in [-0.2, 0) is 0 Å². The number of nitrogens with one attached hydrogen (secondary N) is 2. The minimum absolute atomic E-state index is 0.0283. The number of aromatic amines is 1. The summed E-state index contributed by atoms with van der Waals surface area (Å²) in [5.74, 6) is 1.21. The van der Waals surface area contributed by atoms with E-state index in [1.54, 1.807) is 31.4 Å². The molecule has 0 bridgehead atoms. The summed E-state index contributed by atoms with van der Waals surface area (Å²) in [6.07, 6.45) is 1.48. The molecule has 8 nitrogen and oxygen atoms in total. The number of halogens is 1. The molecule has 2 aromatic carbocycles. The topological polar surface area (TPSA) is 109 Å². The Morgan fingerprint density at radius 2 is 1.93 bits per heavy atom. The van der Waals surface area contributed by atoms with Crippen molar-refractivity contribution in [1.82, 2.24) is 9.97 Å². The van der Waals surface area contributed by atoms with Crippen LogP contribution in [0.1, 0.15) is 5.56 Å². The number of hydrazone groups is 1. The van der Waals surface area contributed by atoms with Crippen LogP contribution in [0, 0.1) is 0 Å². The Morgan fingerprint density at radius 1 is 1.18 bits per heavy atom. The van der Waals surface area contributed by atoms with Gasteiger partial charge in [-0.3, -0.25) is 9.78 Å². The minimum atomic E-state index is -0.318. The number of hydrogen-bond acceptors (Lipinski definition) is 7. The Kier molecular flexibility index (Phi) is 5.95. The number of rotatable bonds is 6. The highest BCUT2D eigenvalue weighted by molar-refractivity contribution is 9.10. The van der Waals surface area contributed by atoms with E-state index >= 15 is 0 Å². The summed E-state index contributed by atoms with van der Waals surface area (Å²) < 4.78 is 10.6. The van der Waals surface area contributed by atoms with Gasteiger partial charge in [0.05, 0.1) is 30.6 Å². The SMILES string of the molecule is COc1ccc(-c2cc(=O)[nH]c(N/N=C\c3ccc(OC)c(O)c3Br)n2)cc1. The monoisotopic (exact) mass is 444 g/mol. The largest absolute Gasteiger partial charge is 0.503 e. The van der Waals surface area contributed by atoms with Crippen molar-refractivity contribution in [3.8, 4) is 28.5 Å². The number of methoxy groups -OCH3 is 2. The van der Waals surface area contributed by atoms with Crippen LogP contribution >= 0.6 is 15.9 Å². The van der Waals surface area contributed by atoms with E-state index in [2.05, 4.69) is 36.4 Å². The van der Waals surface area contributed by atoms with E-state index in [9.17, 15) is 9.90 Å². The summed E-state index contributed by atoms with van der Waals surface area (Å²) in [4.78, 5) is 18.9. The van der Waals surface area contributed by atoms with Crippen LogP contribution in [0.5, 0.6) is 17.2 Å². The zero-order valence-corrected chi connectivity index (χ0v) is 16.6. The second kappa shape index (κ2) is 8.57. The molecule has 0 aliphatic carbocycles. The Morgan fingerprint density at radius 3 is 2.61 bits per heavy atom. The minimum Gasteiger partial charge on any atom is -0.503 e. The predicted octanol–water partition coefficient (Wildman–Crippen LogP) is 3.37. The van der Waals surface area contributed by atoms with Crippen molar-refractivity contribution in [2.45, 2.75) is 0 Å². The molecule has 3 N–H and O–H groups in total. The molecule has 0 aliphatic heterocycles. The highest BCUT2D eigenvalue weighted by Gasteiger charge is 2.09. The maximum absolute atomic E-state index is 11.9. The quantitative estimate of drug-likeness (QED) is 0.397. The zero-order chi connectivity index (χ0) is 20.1. The fourth-order valence-corrected chi connectivity index (χ4v) is 2.84. The number of benzene rings is 2. The molecule has 3 rings (SSSR count). The van der Waals surface area contributed by atoms with E-state index in [1.165, 1.54) is 19.4 Å². The van der Waals surface area contributed by atoms with Gasteiger partial charge in [-0.1, -0.05) is 0 Å². The highest BCUT2D eigenvalue weighted by atomic mass is 79.9. The van der Waals surface area contributed by atoms with E-state index < -0.39 is 0 Å². The number of H-pyrrole nitrogens is 1. The van der Waals surface area contributed by atoms with Crippen LogP contribution in [0.25, 0.3) is 11.3 Å². The first-order chi connectivity index (χ1) is 13.5. The number of anilines is 1. The van der Waals surface area contributed by atoms with Gasteiger partial charge in [-0.25, -0.2) is 10.4 Å². The number of aromatic nitrogens is 2. The van der Waals surface area contributed by atoms with Gasteiger partial charge in [0.25, 0.3) is 5.56 Å². The maximum atomic E-state index is 11.9. The van der Waals surface area contributed by atoms with Gasteiger partial charge < -0.3 is 14.6 Å². The molecule has 0 saturated carbocycles. The van der Waals surface area contributed by atoms with Crippen LogP contribution < -0.4 is 20.5 Å². The molecule has 0 spiro atoms. The van der Waals surface area contributed by atoms with Crippen molar-refractivity contribution in [2.24, 2.45) is 5.10 Å². The summed E-state index contributed by atoms with van der Waals surface area (Å²) >= 11 is 3.29. The van der Waals surface area contributed by atoms with Gasteiger partial charge in [-0.2, -0.15) is 5.10 Å². The Labute approximate surface area is 169 Å². The molecular formula is C19H17BrN4O4. The van der Waals surface area contributed by atoms with Gasteiger partial charge in [-0.05, 0) is 52.3 Å². The average Bonchev–Trinajstić information content (AvgIpc) is 2.71. The second-order valence-corrected chi connectivity index (χ2v) is 6.39. The first-order valence-electron chi connectivity index (χ1n) is 8.12. The van der Waals surface area contributed by atoms with Gasteiger partial charge in [-0.15, -0.1) is 0 Å². The smallest absolute Gasteiger partial charge is 0.252 e. The van der Waals surface area contributed by atoms with Crippen LogP contribution in [0.3, 0.4) is 0 Å². The van der Waals surface area contributed by atoms with Crippen LogP contribution in [0.15, 0.2) is 56.8 Å². The van der Waals surface area contributed by atoms with Crippen molar-refractivity contribution in [3.63, 3.8) is 0 Å². The molecule has 0 radical (unpaired) electrons. The lowest BCUT2D eigenvalue weighted by Crippen LogP contribution is -2.10. The first kappa shape index (κ1) is 19.4. The molecule has 0 atom stereocenters. The van der Waals surface area contributed by atoms with Crippen molar-refractivity contribution >= 4 is 28.1 Å². The summed E-state index contributed by atoms with van der Waals surface area (Å²) in [6, 6.07) is 11.9. The normalized spacial score (nSPS) is 10.8. The maximum Gasteiger partial charge on any atom is 0.252 e. The Balaban J connectivity index is 1.81. The van der Waals surface area contributed by atoms with E-state index in [-0.39, 0.29) is 17.3 Å². The average molecular weight is 445 g/mol. The van der Waals surface area contributed by atoms with Crippen LogP contribution in [-0.4, -0.2) is 35.5 Å². The van der Waals surface area contributed by atoms with Gasteiger partial charge in [0.15, 0.2) is 11.5 Å². The highest BCUT2D eigenvalue weighted by Crippen LogP contribution is 2.35. The van der Waals surface area contributed by atoms with Crippen LogP contribution in [0.4, 0.5) is 5.95 Å². The van der Waals surface area contributed by atoms with Crippen molar-refractivity contribution in [2.75, 3.05) is 19.6 Å². The number of hydrogen-bond donors (Lipinski definition) is 3. The molecule has 0 saturated heterocycles. The second-order valence-electron chi connectivity index (χ2n) is 5.60. The number of aromatic hydroxyl groups is 1. The number of ether oxygens (including phenoxy) is 2. The molecule has 1 aromatic heterocycles. The number of nitrogens with zero attached hydrogens (tertiary/aromatic N) is 2. The molecule has 1 heterocycles. The third-order valence-corrected chi connectivity index (χ3v) is 4.66. The Bertz CT molecular complexity index is 1060. The lowest BCUT2D eigenvalue weighted by molar-refractivity contribution is 0.372. The summed E-state index contributed by atoms with van der Waals surface area (Å²) in [7, 11) is 3.05. The van der Waals surface area contributed by atoms with Gasteiger partial charge >= 0.3 is 0 Å². The molecule has 0 unspecified atom stereocenters. The summed E-state index contributed by atoms with van der Waals surface area (Å²) in [5.41, 5.74) is 4.24. The number of phenols is 1. The molecule has 0 aliphatic rings. The molecule has 0 fully saturated rings. The van der Waals surface area contributed by atoms with E-state index in [1.807, 2.05) is 12.1 Å². The summed E-state index contributed by atoms with van der Waals surface area (Å²) in [6.45, 7) is 0. The van der Waals surface area contributed by atoms with Crippen molar-refractivity contribution in [3.05, 3.63) is 62.9 Å². The van der Waals surface area contributed by atoms with Gasteiger partial charge in [0.1, 0.15) is 5.75 Å². The predicted molar refractivity (Wildman–Crippen MR) is 110 cm³/mol. The van der Waals surface area contributed by atoms with Crippen molar-refractivity contribution < 1.29 is 14.6 Å². The van der Waals surface area contributed by atoms with Crippen molar-refractivity contribution in [1.29, 1.82) is 0 Å².